The first-order chi connectivity index (χ1) is 11.5. The molecule has 0 aromatic heterocycles. The molecule has 0 aliphatic carbocycles. The van der Waals surface area contributed by atoms with E-state index in [0.717, 1.165) is 5.56 Å². The second kappa shape index (κ2) is 8.36. The van der Waals surface area contributed by atoms with Crippen molar-refractivity contribution in [2.24, 2.45) is 0 Å². The van der Waals surface area contributed by atoms with Gasteiger partial charge < -0.3 is 14.8 Å². The van der Waals surface area contributed by atoms with E-state index in [-0.39, 0.29) is 24.9 Å². The van der Waals surface area contributed by atoms with Gasteiger partial charge in [-0.05, 0) is 35.9 Å². The Bertz CT molecular complexity index is 728. The van der Waals surface area contributed by atoms with Crippen molar-refractivity contribution in [2.75, 3.05) is 12.4 Å². The summed E-state index contributed by atoms with van der Waals surface area (Å²) in [5.41, 5.74) is 2.19. The molecule has 1 N–H and O–H groups in total. The quantitative estimate of drug-likeness (QED) is 0.811. The molecule has 2 aromatic rings. The largest absolute Gasteiger partial charge is 0.496 e. The summed E-state index contributed by atoms with van der Waals surface area (Å²) in [6.45, 7) is 1.53. The molecular weight excluding hydrogens is 330 g/mol. The Labute approximate surface area is 145 Å². The van der Waals surface area contributed by atoms with Gasteiger partial charge in [0, 0.05) is 23.2 Å². The number of anilines is 1. The topological polar surface area (TPSA) is 64.6 Å². The van der Waals surface area contributed by atoms with Crippen LogP contribution in [0.2, 0.25) is 5.02 Å². The third-order valence-corrected chi connectivity index (χ3v) is 3.49. The highest BCUT2D eigenvalue weighted by molar-refractivity contribution is 6.30. The van der Waals surface area contributed by atoms with E-state index in [4.69, 9.17) is 21.1 Å². The van der Waals surface area contributed by atoms with E-state index in [0.29, 0.717) is 22.0 Å². The third-order valence-electron chi connectivity index (χ3n) is 3.25. The number of carbonyl (C=O) groups is 2. The lowest BCUT2D eigenvalue weighted by Crippen LogP contribution is -2.09. The highest BCUT2D eigenvalue weighted by Gasteiger charge is 2.09. The van der Waals surface area contributed by atoms with E-state index in [1.807, 2.05) is 0 Å². The van der Waals surface area contributed by atoms with Crippen molar-refractivity contribution in [2.45, 2.75) is 20.0 Å². The Morgan fingerprint density at radius 2 is 1.83 bits per heavy atom. The van der Waals surface area contributed by atoms with E-state index in [1.165, 1.54) is 6.92 Å². The Kier molecular flexibility index (Phi) is 6.21. The summed E-state index contributed by atoms with van der Waals surface area (Å²) in [6.07, 6.45) is 0.142. The molecule has 0 bridgehead atoms. The summed E-state index contributed by atoms with van der Waals surface area (Å²) in [6, 6.07) is 12.2. The SMILES string of the molecule is COc1ccc(Cl)cc1COC(=O)Cc1ccc(NC(C)=O)cc1. The van der Waals surface area contributed by atoms with Gasteiger partial charge in [-0.15, -0.1) is 0 Å². The molecule has 6 heteroatoms. The molecule has 0 unspecified atom stereocenters. The number of benzene rings is 2. The van der Waals surface area contributed by atoms with Crippen LogP contribution >= 0.6 is 11.6 Å². The summed E-state index contributed by atoms with van der Waals surface area (Å²) in [7, 11) is 1.55. The smallest absolute Gasteiger partial charge is 0.310 e. The van der Waals surface area contributed by atoms with Crippen LogP contribution in [0.3, 0.4) is 0 Å². The number of nitrogens with one attached hydrogen (secondary N) is 1. The van der Waals surface area contributed by atoms with Crippen LogP contribution in [0.1, 0.15) is 18.1 Å². The lowest BCUT2D eigenvalue weighted by atomic mass is 10.1. The molecule has 2 rings (SSSR count). The van der Waals surface area contributed by atoms with Crippen LogP contribution in [0, 0.1) is 0 Å². The Morgan fingerprint density at radius 1 is 1.12 bits per heavy atom. The van der Waals surface area contributed by atoms with Gasteiger partial charge >= 0.3 is 5.97 Å². The van der Waals surface area contributed by atoms with Crippen LogP contribution in [0.15, 0.2) is 42.5 Å². The number of ether oxygens (including phenoxy) is 2. The Balaban J connectivity index is 1.91. The van der Waals surface area contributed by atoms with E-state index in [1.54, 1.807) is 49.6 Å². The van der Waals surface area contributed by atoms with Crippen molar-refractivity contribution in [1.82, 2.24) is 0 Å². The second-order valence-electron chi connectivity index (χ2n) is 5.17. The molecule has 24 heavy (non-hydrogen) atoms. The molecule has 0 heterocycles. The minimum absolute atomic E-state index is 0.0898. The molecule has 0 saturated heterocycles. The van der Waals surface area contributed by atoms with Crippen molar-refractivity contribution in [3.8, 4) is 5.75 Å². The maximum Gasteiger partial charge on any atom is 0.310 e. The van der Waals surface area contributed by atoms with Crippen molar-refractivity contribution in [3.05, 3.63) is 58.6 Å². The summed E-state index contributed by atoms with van der Waals surface area (Å²) < 4.78 is 10.5. The Hall–Kier alpha value is -2.53. The highest BCUT2D eigenvalue weighted by atomic mass is 35.5. The summed E-state index contributed by atoms with van der Waals surface area (Å²) >= 11 is 5.94. The van der Waals surface area contributed by atoms with Crippen LogP contribution in [0.4, 0.5) is 5.69 Å². The van der Waals surface area contributed by atoms with Gasteiger partial charge in [0.05, 0.1) is 13.5 Å². The van der Waals surface area contributed by atoms with Gasteiger partial charge in [0.25, 0.3) is 0 Å². The van der Waals surface area contributed by atoms with E-state index >= 15 is 0 Å². The average molecular weight is 348 g/mol. The number of esters is 1. The first kappa shape index (κ1) is 17.8. The average Bonchev–Trinajstić information content (AvgIpc) is 2.54. The van der Waals surface area contributed by atoms with Crippen molar-refractivity contribution in [1.29, 1.82) is 0 Å². The van der Waals surface area contributed by atoms with Gasteiger partial charge in [-0.25, -0.2) is 0 Å². The molecule has 0 spiro atoms. The standard InChI is InChI=1S/C18H18ClNO4/c1-12(21)20-16-6-3-13(4-7-16)9-18(22)24-11-14-10-15(19)5-8-17(14)23-2/h3-8,10H,9,11H2,1-2H3,(H,20,21). The number of hydrogen-bond donors (Lipinski definition) is 1. The molecule has 0 atom stereocenters. The van der Waals surface area contributed by atoms with Crippen LogP contribution < -0.4 is 10.1 Å². The first-order valence-corrected chi connectivity index (χ1v) is 7.70. The number of carbonyl (C=O) groups excluding carboxylic acids is 2. The maximum atomic E-state index is 12.0. The van der Waals surface area contributed by atoms with Crippen LogP contribution in [0.5, 0.6) is 5.75 Å². The number of amides is 1. The number of halogens is 1. The number of methoxy groups -OCH3 is 1. The minimum Gasteiger partial charge on any atom is -0.496 e. The predicted octanol–water partition coefficient (Wildman–Crippen LogP) is 3.59. The van der Waals surface area contributed by atoms with Crippen molar-refractivity contribution < 1.29 is 19.1 Å². The fourth-order valence-corrected chi connectivity index (χ4v) is 2.34. The number of rotatable bonds is 6. The van der Waals surface area contributed by atoms with Crippen LogP contribution in [-0.2, 0) is 27.4 Å². The molecule has 0 aliphatic heterocycles. The zero-order valence-electron chi connectivity index (χ0n) is 13.5. The van der Waals surface area contributed by atoms with Gasteiger partial charge in [-0.3, -0.25) is 9.59 Å². The molecule has 0 saturated carbocycles. The van der Waals surface area contributed by atoms with Crippen molar-refractivity contribution in [3.63, 3.8) is 0 Å². The maximum absolute atomic E-state index is 12.0. The second-order valence-corrected chi connectivity index (χ2v) is 5.61. The van der Waals surface area contributed by atoms with E-state index in [2.05, 4.69) is 5.32 Å². The molecule has 2 aromatic carbocycles. The fraction of sp³-hybridized carbons (Fsp3) is 0.222. The first-order valence-electron chi connectivity index (χ1n) is 7.32. The number of hydrogen-bond acceptors (Lipinski definition) is 4. The van der Waals surface area contributed by atoms with Crippen LogP contribution in [-0.4, -0.2) is 19.0 Å². The summed E-state index contributed by atoms with van der Waals surface area (Å²) in [5, 5.41) is 3.22. The molecule has 126 valence electrons. The van der Waals surface area contributed by atoms with E-state index < -0.39 is 0 Å². The monoisotopic (exact) mass is 347 g/mol. The lowest BCUT2D eigenvalue weighted by Gasteiger charge is -2.10. The van der Waals surface area contributed by atoms with Gasteiger partial charge in [-0.1, -0.05) is 23.7 Å². The normalized spacial score (nSPS) is 10.1. The minimum atomic E-state index is -0.357. The van der Waals surface area contributed by atoms with Gasteiger partial charge in [0.15, 0.2) is 0 Å². The van der Waals surface area contributed by atoms with Gasteiger partial charge in [0.1, 0.15) is 12.4 Å². The van der Waals surface area contributed by atoms with Crippen molar-refractivity contribution >= 4 is 29.2 Å². The summed E-state index contributed by atoms with van der Waals surface area (Å²) in [5.74, 6) is 0.119. The zero-order chi connectivity index (χ0) is 17.5. The molecule has 1 amide bonds. The summed E-state index contributed by atoms with van der Waals surface area (Å²) in [4.78, 5) is 22.9. The molecule has 5 nitrogen and oxygen atoms in total. The van der Waals surface area contributed by atoms with Gasteiger partial charge in [-0.2, -0.15) is 0 Å². The van der Waals surface area contributed by atoms with E-state index in [9.17, 15) is 9.59 Å². The molecule has 0 radical (unpaired) electrons. The third kappa shape index (κ3) is 5.28. The molecule has 0 aliphatic rings. The van der Waals surface area contributed by atoms with Gasteiger partial charge in [0.2, 0.25) is 5.91 Å². The Morgan fingerprint density at radius 3 is 2.46 bits per heavy atom. The highest BCUT2D eigenvalue weighted by Crippen LogP contribution is 2.23. The fourth-order valence-electron chi connectivity index (χ4n) is 2.15. The van der Waals surface area contributed by atoms with Crippen LogP contribution in [0.25, 0.3) is 0 Å². The predicted molar refractivity (Wildman–Crippen MR) is 92.2 cm³/mol. The molecular formula is C18H18ClNO4. The zero-order valence-corrected chi connectivity index (χ0v) is 14.2. The molecule has 0 fully saturated rings. The lowest BCUT2D eigenvalue weighted by molar-refractivity contribution is -0.144.